The normalized spacial score (nSPS) is 11.9. The molecule has 0 heterocycles. The van der Waals surface area contributed by atoms with E-state index in [4.69, 9.17) is 0 Å². The van der Waals surface area contributed by atoms with E-state index in [2.05, 4.69) is 98.8 Å². The molecule has 130 valence electrons. The fraction of sp³-hybridized carbons (Fsp3) is 0.111. The molecule has 0 bridgehead atoms. The average molecular weight is 346 g/mol. The van der Waals surface area contributed by atoms with E-state index >= 15 is 0 Å². The summed E-state index contributed by atoms with van der Waals surface area (Å²) in [6.07, 6.45) is 1.03. The second-order valence-electron chi connectivity index (χ2n) is 7.65. The lowest BCUT2D eigenvalue weighted by Gasteiger charge is -2.09. The molecule has 0 unspecified atom stereocenters. The first-order chi connectivity index (χ1) is 13.2. The third kappa shape index (κ3) is 2.88. The Morgan fingerprint density at radius 1 is 0.444 bits per heavy atom. The largest absolute Gasteiger partial charge is 0.0587 e. The van der Waals surface area contributed by atoms with Crippen molar-refractivity contribution in [3.8, 4) is 33.4 Å². The number of rotatable bonds is 2. The molecule has 4 aromatic rings. The number of hydrogen-bond acceptors (Lipinski definition) is 0. The fourth-order valence-electron chi connectivity index (χ4n) is 4.02. The summed E-state index contributed by atoms with van der Waals surface area (Å²) in [7, 11) is 0. The van der Waals surface area contributed by atoms with E-state index in [9.17, 15) is 0 Å². The highest BCUT2D eigenvalue weighted by molar-refractivity contribution is 5.84. The van der Waals surface area contributed by atoms with Crippen LogP contribution in [0.1, 0.15) is 22.3 Å². The Hall–Kier alpha value is -3.12. The van der Waals surface area contributed by atoms with E-state index in [0.29, 0.717) is 0 Å². The minimum atomic E-state index is 1.03. The summed E-state index contributed by atoms with van der Waals surface area (Å²) in [6, 6.07) is 31.5. The van der Waals surface area contributed by atoms with E-state index in [1.807, 2.05) is 0 Å². The molecule has 0 atom stereocenters. The molecule has 5 rings (SSSR count). The Balaban J connectivity index is 1.59. The molecule has 0 saturated carbocycles. The lowest BCUT2D eigenvalue weighted by molar-refractivity contribution is 1.26. The summed E-state index contributed by atoms with van der Waals surface area (Å²) >= 11 is 0. The molecule has 0 spiro atoms. The van der Waals surface area contributed by atoms with E-state index in [1.165, 1.54) is 55.6 Å². The molecule has 0 saturated heterocycles. The average Bonchev–Trinajstić information content (AvgIpc) is 3.06. The fourth-order valence-corrected chi connectivity index (χ4v) is 4.02. The third-order valence-corrected chi connectivity index (χ3v) is 5.66. The van der Waals surface area contributed by atoms with E-state index in [1.54, 1.807) is 0 Å². The molecular formula is C27H22. The monoisotopic (exact) mass is 346 g/mol. The van der Waals surface area contributed by atoms with Crippen molar-refractivity contribution >= 4 is 0 Å². The molecule has 27 heavy (non-hydrogen) atoms. The second kappa shape index (κ2) is 6.25. The van der Waals surface area contributed by atoms with Crippen molar-refractivity contribution in [2.45, 2.75) is 20.3 Å². The van der Waals surface area contributed by atoms with Gasteiger partial charge in [-0.2, -0.15) is 0 Å². The van der Waals surface area contributed by atoms with Crippen LogP contribution in [-0.2, 0) is 6.42 Å². The van der Waals surface area contributed by atoms with Crippen LogP contribution in [0.15, 0.2) is 84.9 Å². The summed E-state index contributed by atoms with van der Waals surface area (Å²) in [5.41, 5.74) is 13.4. The van der Waals surface area contributed by atoms with E-state index in [-0.39, 0.29) is 0 Å². The molecular weight excluding hydrogens is 324 g/mol. The number of fused-ring (bicyclic) bond motifs is 3. The van der Waals surface area contributed by atoms with Crippen LogP contribution in [0.4, 0.5) is 0 Å². The van der Waals surface area contributed by atoms with Crippen LogP contribution in [0.25, 0.3) is 33.4 Å². The summed E-state index contributed by atoms with van der Waals surface area (Å²) in [5.74, 6) is 0. The van der Waals surface area contributed by atoms with Gasteiger partial charge in [0.15, 0.2) is 0 Å². The van der Waals surface area contributed by atoms with Crippen LogP contribution < -0.4 is 0 Å². The summed E-state index contributed by atoms with van der Waals surface area (Å²) < 4.78 is 0. The number of aryl methyl sites for hydroxylation is 2. The van der Waals surface area contributed by atoms with Gasteiger partial charge in [-0.25, -0.2) is 0 Å². The van der Waals surface area contributed by atoms with E-state index in [0.717, 1.165) is 6.42 Å². The molecule has 0 aromatic heterocycles. The van der Waals surface area contributed by atoms with Gasteiger partial charge in [-0.15, -0.1) is 0 Å². The first-order valence-electron chi connectivity index (χ1n) is 9.58. The summed E-state index contributed by atoms with van der Waals surface area (Å²) in [6.45, 7) is 4.27. The second-order valence-corrected chi connectivity index (χ2v) is 7.65. The molecule has 0 aliphatic heterocycles. The van der Waals surface area contributed by atoms with Crippen LogP contribution in [0, 0.1) is 13.8 Å². The number of hydrogen-bond donors (Lipinski definition) is 0. The van der Waals surface area contributed by atoms with Gasteiger partial charge in [0.05, 0.1) is 0 Å². The highest BCUT2D eigenvalue weighted by atomic mass is 14.2. The molecule has 0 radical (unpaired) electrons. The van der Waals surface area contributed by atoms with Gasteiger partial charge < -0.3 is 0 Å². The number of benzene rings is 4. The van der Waals surface area contributed by atoms with Gasteiger partial charge in [0, 0.05) is 0 Å². The topological polar surface area (TPSA) is 0 Å². The summed E-state index contributed by atoms with van der Waals surface area (Å²) in [4.78, 5) is 0. The first kappa shape index (κ1) is 16.1. The van der Waals surface area contributed by atoms with Gasteiger partial charge in [0.1, 0.15) is 0 Å². The molecule has 0 heteroatoms. The van der Waals surface area contributed by atoms with Crippen LogP contribution in [-0.4, -0.2) is 0 Å². The van der Waals surface area contributed by atoms with Crippen LogP contribution in [0.5, 0.6) is 0 Å². The van der Waals surface area contributed by atoms with Crippen molar-refractivity contribution in [1.82, 2.24) is 0 Å². The van der Waals surface area contributed by atoms with E-state index < -0.39 is 0 Å². The summed E-state index contributed by atoms with van der Waals surface area (Å²) in [5, 5.41) is 0. The molecule has 0 nitrogen and oxygen atoms in total. The van der Waals surface area contributed by atoms with Crippen molar-refractivity contribution in [2.75, 3.05) is 0 Å². The van der Waals surface area contributed by atoms with Crippen LogP contribution in [0.3, 0.4) is 0 Å². The Labute approximate surface area is 161 Å². The highest BCUT2D eigenvalue weighted by Gasteiger charge is 2.19. The Kier molecular flexibility index (Phi) is 3.72. The molecule has 1 aliphatic rings. The molecule has 1 aliphatic carbocycles. The van der Waals surface area contributed by atoms with Gasteiger partial charge in [0.2, 0.25) is 0 Å². The Morgan fingerprint density at radius 3 is 1.22 bits per heavy atom. The van der Waals surface area contributed by atoms with Crippen molar-refractivity contribution < 1.29 is 0 Å². The molecule has 0 fully saturated rings. The Bertz CT molecular complexity index is 1040. The zero-order chi connectivity index (χ0) is 18.4. The SMILES string of the molecule is Cc1ccc(-c2ccc3c(c2)-c2cc(-c4ccc(C)cc4)ccc2C3)cc1. The highest BCUT2D eigenvalue weighted by Crippen LogP contribution is 2.40. The molecule has 4 aromatic carbocycles. The minimum absolute atomic E-state index is 1.03. The maximum Gasteiger partial charge on any atom is -0.00134 e. The lowest BCUT2D eigenvalue weighted by Crippen LogP contribution is -1.84. The third-order valence-electron chi connectivity index (χ3n) is 5.66. The van der Waals surface area contributed by atoms with Crippen molar-refractivity contribution in [2.24, 2.45) is 0 Å². The van der Waals surface area contributed by atoms with Crippen LogP contribution >= 0.6 is 0 Å². The minimum Gasteiger partial charge on any atom is -0.0587 e. The zero-order valence-corrected chi connectivity index (χ0v) is 15.8. The standard InChI is InChI=1S/C27H22/c1-18-3-7-20(8-4-18)22-11-13-24-15-25-14-12-23(17-27(25)26(24)16-22)21-9-5-19(2)6-10-21/h3-14,16-17H,15H2,1-2H3. The van der Waals surface area contributed by atoms with Crippen molar-refractivity contribution in [3.05, 3.63) is 107 Å². The van der Waals surface area contributed by atoms with Gasteiger partial charge in [-0.1, -0.05) is 83.9 Å². The molecule has 0 N–H and O–H groups in total. The smallest absolute Gasteiger partial charge is 0.00134 e. The predicted molar refractivity (Wildman–Crippen MR) is 115 cm³/mol. The first-order valence-corrected chi connectivity index (χ1v) is 9.58. The quantitative estimate of drug-likeness (QED) is 0.317. The van der Waals surface area contributed by atoms with Crippen LogP contribution in [0.2, 0.25) is 0 Å². The van der Waals surface area contributed by atoms with Gasteiger partial charge in [-0.05, 0) is 76.9 Å². The van der Waals surface area contributed by atoms with Gasteiger partial charge in [-0.3, -0.25) is 0 Å². The maximum absolute atomic E-state index is 2.37. The van der Waals surface area contributed by atoms with Crippen molar-refractivity contribution in [1.29, 1.82) is 0 Å². The maximum atomic E-state index is 2.37. The predicted octanol–water partition coefficient (Wildman–Crippen LogP) is 7.21. The van der Waals surface area contributed by atoms with Gasteiger partial charge >= 0.3 is 0 Å². The molecule has 0 amide bonds. The Morgan fingerprint density at radius 2 is 0.815 bits per heavy atom. The van der Waals surface area contributed by atoms with Gasteiger partial charge in [0.25, 0.3) is 0 Å². The lowest BCUT2D eigenvalue weighted by atomic mass is 9.96. The van der Waals surface area contributed by atoms with Crippen molar-refractivity contribution in [3.63, 3.8) is 0 Å². The zero-order valence-electron chi connectivity index (χ0n) is 15.8.